The Morgan fingerprint density at radius 2 is 1.94 bits per heavy atom. The third-order valence-electron chi connectivity index (χ3n) is 6.37. The molecule has 2 aromatic carbocycles. The van der Waals surface area contributed by atoms with Gasteiger partial charge in [0.1, 0.15) is 17.7 Å². The van der Waals surface area contributed by atoms with Crippen LogP contribution in [0, 0.1) is 11.8 Å². The Morgan fingerprint density at radius 3 is 2.71 bits per heavy atom. The molecule has 4 atom stereocenters. The molecule has 1 amide bonds. The summed E-state index contributed by atoms with van der Waals surface area (Å²) >= 11 is 6.06. The zero-order valence-electron chi connectivity index (χ0n) is 16.9. The number of imidazole rings is 1. The predicted molar refractivity (Wildman–Crippen MR) is 118 cm³/mol. The standard InChI is InChI=1S/C24H24ClN3O3/c25-17-4-3-5-18(12-17)31-22-11-16-14-28(13-15(16)10-21(22)29)24(30)20-7-2-1-6-19(20)23-26-8-9-27-23/h1-9,12,15-16,21-22,29H,10-11,13-14H2,(H,26,27)/t15-,16+,21+,22+/m0/s1. The van der Waals surface area contributed by atoms with E-state index in [1.165, 1.54) is 0 Å². The number of fused-ring (bicyclic) bond motifs is 1. The van der Waals surface area contributed by atoms with Crippen molar-refractivity contribution >= 4 is 17.5 Å². The maximum Gasteiger partial charge on any atom is 0.254 e. The van der Waals surface area contributed by atoms with Crippen molar-refractivity contribution in [1.82, 2.24) is 14.9 Å². The number of aromatic amines is 1. The van der Waals surface area contributed by atoms with Crippen LogP contribution in [0.1, 0.15) is 23.2 Å². The topological polar surface area (TPSA) is 78.5 Å². The molecule has 0 spiro atoms. The maximum atomic E-state index is 13.4. The molecule has 6 nitrogen and oxygen atoms in total. The lowest BCUT2D eigenvalue weighted by molar-refractivity contribution is -0.0231. The van der Waals surface area contributed by atoms with Crippen LogP contribution < -0.4 is 4.74 Å². The summed E-state index contributed by atoms with van der Waals surface area (Å²) in [5, 5.41) is 11.3. The first-order valence-corrected chi connectivity index (χ1v) is 10.9. The van der Waals surface area contributed by atoms with E-state index in [4.69, 9.17) is 16.3 Å². The summed E-state index contributed by atoms with van der Waals surface area (Å²) in [4.78, 5) is 22.7. The Labute approximate surface area is 185 Å². The number of benzene rings is 2. The molecule has 1 aliphatic carbocycles. The molecule has 31 heavy (non-hydrogen) atoms. The molecule has 2 N–H and O–H groups in total. The van der Waals surface area contributed by atoms with E-state index < -0.39 is 6.10 Å². The van der Waals surface area contributed by atoms with Crippen LogP contribution in [-0.2, 0) is 0 Å². The van der Waals surface area contributed by atoms with E-state index in [0.29, 0.717) is 54.0 Å². The molecule has 1 aliphatic heterocycles. The molecule has 1 saturated carbocycles. The fourth-order valence-corrected chi connectivity index (χ4v) is 5.04. The maximum absolute atomic E-state index is 13.4. The van der Waals surface area contributed by atoms with Gasteiger partial charge in [-0.1, -0.05) is 35.9 Å². The molecular formula is C24H24ClN3O3. The molecule has 2 fully saturated rings. The van der Waals surface area contributed by atoms with Crippen molar-refractivity contribution in [1.29, 1.82) is 0 Å². The summed E-state index contributed by atoms with van der Waals surface area (Å²) in [6.45, 7) is 1.31. The molecule has 160 valence electrons. The van der Waals surface area contributed by atoms with Crippen LogP contribution in [0.25, 0.3) is 11.4 Å². The third kappa shape index (κ3) is 4.05. The molecule has 0 bridgehead atoms. The molecule has 5 rings (SSSR count). The van der Waals surface area contributed by atoms with E-state index in [2.05, 4.69) is 9.97 Å². The zero-order valence-corrected chi connectivity index (χ0v) is 17.7. The number of carbonyl (C=O) groups excluding carboxylic acids is 1. The summed E-state index contributed by atoms with van der Waals surface area (Å²) in [5.74, 6) is 1.92. The van der Waals surface area contributed by atoms with Gasteiger partial charge in [0.15, 0.2) is 0 Å². The molecule has 2 aliphatic rings. The lowest BCUT2D eigenvalue weighted by atomic mass is 9.78. The number of nitrogens with one attached hydrogen (secondary N) is 1. The number of ether oxygens (including phenoxy) is 1. The highest BCUT2D eigenvalue weighted by Gasteiger charge is 2.44. The second-order valence-electron chi connectivity index (χ2n) is 8.37. The Morgan fingerprint density at radius 1 is 1.13 bits per heavy atom. The fraction of sp³-hybridized carbons (Fsp3) is 0.333. The van der Waals surface area contributed by atoms with Gasteiger partial charge in [0.05, 0.1) is 11.7 Å². The van der Waals surface area contributed by atoms with Crippen LogP contribution in [0.5, 0.6) is 5.75 Å². The number of likely N-dealkylation sites (tertiary alicyclic amines) is 1. The number of rotatable bonds is 4. The smallest absolute Gasteiger partial charge is 0.254 e. The van der Waals surface area contributed by atoms with Gasteiger partial charge in [0, 0.05) is 36.1 Å². The Balaban J connectivity index is 1.30. The first-order valence-electron chi connectivity index (χ1n) is 10.6. The van der Waals surface area contributed by atoms with Gasteiger partial charge in [-0.05, 0) is 48.9 Å². The van der Waals surface area contributed by atoms with Crippen LogP contribution in [0.3, 0.4) is 0 Å². The van der Waals surface area contributed by atoms with Crippen molar-refractivity contribution in [3.05, 3.63) is 71.5 Å². The SMILES string of the molecule is O=C(c1ccccc1-c1ncc[nH]1)N1C[C@H]2C[C@@H](Oc3cccc(Cl)c3)[C@H](O)C[C@H]2C1. The lowest BCUT2D eigenvalue weighted by Crippen LogP contribution is -2.42. The number of carbonyl (C=O) groups is 1. The number of halogens is 1. The Kier molecular flexibility index (Phi) is 5.42. The summed E-state index contributed by atoms with van der Waals surface area (Å²) in [7, 11) is 0. The molecule has 1 saturated heterocycles. The third-order valence-corrected chi connectivity index (χ3v) is 6.60. The van der Waals surface area contributed by atoms with Crippen molar-refractivity contribution in [3.63, 3.8) is 0 Å². The van der Waals surface area contributed by atoms with Crippen LogP contribution in [0.15, 0.2) is 60.9 Å². The minimum absolute atomic E-state index is 0.00296. The quantitative estimate of drug-likeness (QED) is 0.646. The highest BCUT2D eigenvalue weighted by atomic mass is 35.5. The number of H-pyrrole nitrogens is 1. The minimum Gasteiger partial charge on any atom is -0.488 e. The zero-order chi connectivity index (χ0) is 21.4. The van der Waals surface area contributed by atoms with E-state index in [1.807, 2.05) is 41.3 Å². The molecular weight excluding hydrogens is 414 g/mol. The summed E-state index contributed by atoms with van der Waals surface area (Å²) in [6, 6.07) is 14.8. The monoisotopic (exact) mass is 437 g/mol. The van der Waals surface area contributed by atoms with E-state index in [0.717, 1.165) is 5.56 Å². The van der Waals surface area contributed by atoms with Crippen molar-refractivity contribution in [2.45, 2.75) is 25.0 Å². The van der Waals surface area contributed by atoms with Crippen LogP contribution in [-0.4, -0.2) is 51.2 Å². The molecule has 0 radical (unpaired) electrons. The predicted octanol–water partition coefficient (Wildman–Crippen LogP) is 4.02. The van der Waals surface area contributed by atoms with Gasteiger partial charge < -0.3 is 19.7 Å². The van der Waals surface area contributed by atoms with Gasteiger partial charge in [-0.25, -0.2) is 4.98 Å². The molecule has 1 aromatic heterocycles. The van der Waals surface area contributed by atoms with Gasteiger partial charge in [-0.15, -0.1) is 0 Å². The summed E-state index contributed by atoms with van der Waals surface area (Å²) in [6.07, 6.45) is 3.91. The molecule has 0 unspecified atom stereocenters. The van der Waals surface area contributed by atoms with Crippen LogP contribution >= 0.6 is 11.6 Å². The number of hydrogen-bond donors (Lipinski definition) is 2. The average molecular weight is 438 g/mol. The van der Waals surface area contributed by atoms with E-state index in [9.17, 15) is 9.90 Å². The summed E-state index contributed by atoms with van der Waals surface area (Å²) in [5.41, 5.74) is 1.44. The second-order valence-corrected chi connectivity index (χ2v) is 8.80. The largest absolute Gasteiger partial charge is 0.488 e. The van der Waals surface area contributed by atoms with Gasteiger partial charge >= 0.3 is 0 Å². The van der Waals surface area contributed by atoms with Crippen molar-refractivity contribution < 1.29 is 14.6 Å². The minimum atomic E-state index is -0.564. The number of aliphatic hydroxyl groups excluding tert-OH is 1. The normalized spacial score (nSPS) is 25.3. The Hall–Kier alpha value is -2.83. The second kappa shape index (κ2) is 8.36. The van der Waals surface area contributed by atoms with Crippen molar-refractivity contribution in [2.24, 2.45) is 11.8 Å². The first-order chi connectivity index (χ1) is 15.1. The van der Waals surface area contributed by atoms with Crippen LogP contribution in [0.2, 0.25) is 5.02 Å². The number of amides is 1. The fourth-order valence-electron chi connectivity index (χ4n) is 4.86. The number of aromatic nitrogens is 2. The van der Waals surface area contributed by atoms with Crippen molar-refractivity contribution in [3.8, 4) is 17.1 Å². The molecule has 2 heterocycles. The molecule has 3 aromatic rings. The number of nitrogens with zero attached hydrogens (tertiary/aromatic N) is 2. The number of aliphatic hydroxyl groups is 1. The van der Waals surface area contributed by atoms with E-state index in [-0.39, 0.29) is 17.9 Å². The number of hydrogen-bond acceptors (Lipinski definition) is 4. The van der Waals surface area contributed by atoms with E-state index >= 15 is 0 Å². The average Bonchev–Trinajstić information content (AvgIpc) is 3.43. The first kappa shape index (κ1) is 20.1. The highest BCUT2D eigenvalue weighted by Crippen LogP contribution is 2.39. The van der Waals surface area contributed by atoms with Crippen molar-refractivity contribution in [2.75, 3.05) is 13.1 Å². The van der Waals surface area contributed by atoms with Crippen LogP contribution in [0.4, 0.5) is 0 Å². The van der Waals surface area contributed by atoms with Gasteiger partial charge in [0.25, 0.3) is 5.91 Å². The lowest BCUT2D eigenvalue weighted by Gasteiger charge is -2.35. The van der Waals surface area contributed by atoms with Gasteiger partial charge in [-0.3, -0.25) is 4.79 Å². The molecule has 7 heteroatoms. The van der Waals surface area contributed by atoms with Gasteiger partial charge in [0.2, 0.25) is 0 Å². The van der Waals surface area contributed by atoms with Gasteiger partial charge in [-0.2, -0.15) is 0 Å². The highest BCUT2D eigenvalue weighted by molar-refractivity contribution is 6.30. The van der Waals surface area contributed by atoms with E-state index in [1.54, 1.807) is 24.5 Å². The summed E-state index contributed by atoms with van der Waals surface area (Å²) < 4.78 is 6.05. The Bertz CT molecular complexity index is 1070.